The summed E-state index contributed by atoms with van der Waals surface area (Å²) in [5.74, 6) is 0.873. The van der Waals surface area contributed by atoms with Gasteiger partial charge in [-0.05, 0) is 43.4 Å². The van der Waals surface area contributed by atoms with Gasteiger partial charge in [0.15, 0.2) is 0 Å². The Hall–Kier alpha value is -2.41. The number of aliphatic hydroxyl groups is 1. The van der Waals surface area contributed by atoms with Crippen LogP contribution in [0.1, 0.15) is 42.9 Å². The number of amides is 1. The number of aryl methyl sites for hydroxylation is 1. The highest BCUT2D eigenvalue weighted by atomic mass is 16.5. The Morgan fingerprint density at radius 1 is 1.46 bits per heavy atom. The third-order valence-electron chi connectivity index (χ3n) is 4.57. The zero-order valence-electron chi connectivity index (χ0n) is 15.4. The van der Waals surface area contributed by atoms with E-state index in [2.05, 4.69) is 29.2 Å². The van der Waals surface area contributed by atoms with Crippen molar-refractivity contribution in [3.8, 4) is 5.75 Å². The fourth-order valence-corrected chi connectivity index (χ4v) is 3.32. The minimum atomic E-state index is -0.762. The first-order chi connectivity index (χ1) is 12.4. The van der Waals surface area contributed by atoms with Gasteiger partial charge in [-0.1, -0.05) is 13.8 Å². The van der Waals surface area contributed by atoms with E-state index < -0.39 is 6.10 Å². The molecule has 2 aromatic rings. The number of nitrogens with one attached hydrogen (secondary N) is 1. The van der Waals surface area contributed by atoms with Crippen LogP contribution in [0, 0.1) is 5.92 Å². The Morgan fingerprint density at radius 3 is 2.96 bits per heavy atom. The number of aromatic nitrogens is 3. The van der Waals surface area contributed by atoms with Crippen LogP contribution >= 0.6 is 0 Å². The molecule has 7 heteroatoms. The predicted octanol–water partition coefficient (Wildman–Crippen LogP) is 1.71. The highest BCUT2D eigenvalue weighted by Gasteiger charge is 2.37. The molecule has 2 aromatic heterocycles. The molecule has 0 spiro atoms. The first-order valence-electron chi connectivity index (χ1n) is 9.02. The molecule has 0 saturated heterocycles. The third-order valence-corrected chi connectivity index (χ3v) is 4.57. The van der Waals surface area contributed by atoms with Crippen LogP contribution in [0.4, 0.5) is 0 Å². The van der Waals surface area contributed by atoms with Gasteiger partial charge in [-0.3, -0.25) is 14.5 Å². The number of pyridine rings is 1. The van der Waals surface area contributed by atoms with Crippen LogP contribution in [-0.2, 0) is 13.5 Å². The van der Waals surface area contributed by atoms with Gasteiger partial charge in [0.05, 0.1) is 17.9 Å². The molecule has 140 valence electrons. The lowest BCUT2D eigenvalue weighted by Crippen LogP contribution is -2.44. The summed E-state index contributed by atoms with van der Waals surface area (Å²) in [6.07, 6.45) is 4.33. The Morgan fingerprint density at radius 2 is 2.27 bits per heavy atom. The number of nitrogens with zero attached hydrogens (tertiary/aromatic N) is 3. The van der Waals surface area contributed by atoms with Crippen LogP contribution in [0.3, 0.4) is 0 Å². The molecule has 0 aromatic carbocycles. The molecule has 2 heterocycles. The largest absolute Gasteiger partial charge is 0.486 e. The smallest absolute Gasteiger partial charge is 0.269 e. The van der Waals surface area contributed by atoms with Crippen molar-refractivity contribution < 1.29 is 14.6 Å². The first-order valence-corrected chi connectivity index (χ1v) is 9.02. The summed E-state index contributed by atoms with van der Waals surface area (Å²) < 4.78 is 7.39. The molecule has 26 heavy (non-hydrogen) atoms. The molecule has 0 radical (unpaired) electrons. The monoisotopic (exact) mass is 358 g/mol. The standard InChI is InChI=1S/C19H26N4O3/c1-12(2)9-13-10-16(23(3)22-13)19(25)21-15-6-7-17(18(15)24)26-14-5-4-8-20-11-14/h4-5,8,10-12,15,17-18,24H,6-7,9H2,1-3H3,(H,21,25)/t15-,17-,18-/m1/s1. The molecule has 1 fully saturated rings. The van der Waals surface area contributed by atoms with Gasteiger partial charge < -0.3 is 15.2 Å². The highest BCUT2D eigenvalue weighted by Crippen LogP contribution is 2.25. The Bertz CT molecular complexity index is 744. The fraction of sp³-hybridized carbons (Fsp3) is 0.526. The van der Waals surface area contributed by atoms with Gasteiger partial charge in [0.25, 0.3) is 5.91 Å². The summed E-state index contributed by atoms with van der Waals surface area (Å²) in [4.78, 5) is 16.6. The van der Waals surface area contributed by atoms with E-state index in [1.54, 1.807) is 36.3 Å². The van der Waals surface area contributed by atoms with Crippen molar-refractivity contribution in [2.75, 3.05) is 0 Å². The normalized spacial score (nSPS) is 22.6. The van der Waals surface area contributed by atoms with E-state index >= 15 is 0 Å². The zero-order valence-corrected chi connectivity index (χ0v) is 15.4. The van der Waals surface area contributed by atoms with Crippen LogP contribution in [0.5, 0.6) is 5.75 Å². The maximum absolute atomic E-state index is 12.6. The lowest BCUT2D eigenvalue weighted by molar-refractivity contribution is 0.0431. The molecule has 2 N–H and O–H groups in total. The van der Waals surface area contributed by atoms with Crippen molar-refractivity contribution in [1.29, 1.82) is 0 Å². The predicted molar refractivity (Wildman–Crippen MR) is 96.9 cm³/mol. The van der Waals surface area contributed by atoms with E-state index in [9.17, 15) is 9.90 Å². The first kappa shape index (κ1) is 18.4. The van der Waals surface area contributed by atoms with Crippen LogP contribution < -0.4 is 10.1 Å². The van der Waals surface area contributed by atoms with Crippen LogP contribution in [0.15, 0.2) is 30.6 Å². The number of carbonyl (C=O) groups is 1. The van der Waals surface area contributed by atoms with E-state index in [4.69, 9.17) is 4.74 Å². The average molecular weight is 358 g/mol. The van der Waals surface area contributed by atoms with Crippen LogP contribution in [0.2, 0.25) is 0 Å². The lowest BCUT2D eigenvalue weighted by atomic mass is 10.1. The molecule has 1 amide bonds. The van der Waals surface area contributed by atoms with Crippen molar-refractivity contribution in [3.63, 3.8) is 0 Å². The molecule has 0 bridgehead atoms. The van der Waals surface area contributed by atoms with E-state index in [1.807, 2.05) is 6.07 Å². The Kier molecular flexibility index (Phi) is 5.56. The summed E-state index contributed by atoms with van der Waals surface area (Å²) in [5, 5.41) is 17.8. The summed E-state index contributed by atoms with van der Waals surface area (Å²) >= 11 is 0. The zero-order chi connectivity index (χ0) is 18.7. The second kappa shape index (κ2) is 7.86. The van der Waals surface area contributed by atoms with Gasteiger partial charge in [0.2, 0.25) is 0 Å². The Labute approximate surface area is 153 Å². The van der Waals surface area contributed by atoms with Crippen LogP contribution in [-0.4, -0.2) is 44.0 Å². The number of aliphatic hydroxyl groups excluding tert-OH is 1. The maximum Gasteiger partial charge on any atom is 0.269 e. The molecule has 7 nitrogen and oxygen atoms in total. The molecule has 0 aliphatic heterocycles. The number of hydrogen-bond acceptors (Lipinski definition) is 5. The van der Waals surface area contributed by atoms with Gasteiger partial charge in [0.1, 0.15) is 23.7 Å². The van der Waals surface area contributed by atoms with Gasteiger partial charge in [-0.15, -0.1) is 0 Å². The van der Waals surface area contributed by atoms with Crippen molar-refractivity contribution in [1.82, 2.24) is 20.1 Å². The number of ether oxygens (including phenoxy) is 1. The highest BCUT2D eigenvalue weighted by molar-refractivity contribution is 5.92. The molecule has 1 saturated carbocycles. The quantitative estimate of drug-likeness (QED) is 0.821. The van der Waals surface area contributed by atoms with E-state index in [0.717, 1.165) is 12.1 Å². The maximum atomic E-state index is 12.6. The van der Waals surface area contributed by atoms with Crippen molar-refractivity contribution in [2.45, 2.75) is 51.4 Å². The second-order valence-corrected chi connectivity index (χ2v) is 7.24. The molecular formula is C19H26N4O3. The average Bonchev–Trinajstić information content (AvgIpc) is 3.12. The van der Waals surface area contributed by atoms with Gasteiger partial charge in [-0.2, -0.15) is 5.10 Å². The summed E-state index contributed by atoms with van der Waals surface area (Å²) in [7, 11) is 1.76. The number of hydrogen-bond donors (Lipinski definition) is 2. The Balaban J connectivity index is 1.60. The lowest BCUT2D eigenvalue weighted by Gasteiger charge is -2.21. The van der Waals surface area contributed by atoms with Crippen molar-refractivity contribution >= 4 is 5.91 Å². The number of rotatable bonds is 6. The van der Waals surface area contributed by atoms with Gasteiger partial charge in [-0.25, -0.2) is 0 Å². The topological polar surface area (TPSA) is 89.3 Å². The summed E-state index contributed by atoms with van der Waals surface area (Å²) in [5.41, 5.74) is 1.40. The minimum absolute atomic E-state index is 0.221. The fourth-order valence-electron chi connectivity index (χ4n) is 3.32. The molecule has 1 aliphatic carbocycles. The van der Waals surface area contributed by atoms with E-state index in [0.29, 0.717) is 30.2 Å². The van der Waals surface area contributed by atoms with Crippen molar-refractivity contribution in [3.05, 3.63) is 42.0 Å². The van der Waals surface area contributed by atoms with E-state index in [-0.39, 0.29) is 18.1 Å². The minimum Gasteiger partial charge on any atom is -0.486 e. The van der Waals surface area contributed by atoms with Gasteiger partial charge >= 0.3 is 0 Å². The van der Waals surface area contributed by atoms with Gasteiger partial charge in [0, 0.05) is 13.2 Å². The second-order valence-electron chi connectivity index (χ2n) is 7.24. The molecule has 3 atom stereocenters. The third kappa shape index (κ3) is 4.22. The van der Waals surface area contributed by atoms with Crippen LogP contribution in [0.25, 0.3) is 0 Å². The molecular weight excluding hydrogens is 332 g/mol. The van der Waals surface area contributed by atoms with Crippen molar-refractivity contribution in [2.24, 2.45) is 13.0 Å². The molecule has 1 aliphatic rings. The summed E-state index contributed by atoms with van der Waals surface area (Å²) in [6, 6.07) is 5.07. The summed E-state index contributed by atoms with van der Waals surface area (Å²) in [6.45, 7) is 4.23. The van der Waals surface area contributed by atoms with E-state index in [1.165, 1.54) is 0 Å². The number of carbonyl (C=O) groups excluding carboxylic acids is 1. The molecule has 3 rings (SSSR count). The SMILES string of the molecule is CC(C)Cc1cc(C(=O)N[C@@H]2CC[C@@H](Oc3cccnc3)[C@@H]2O)n(C)n1. The molecule has 0 unspecified atom stereocenters.